The molecule has 150 valence electrons. The van der Waals surface area contributed by atoms with Crippen molar-refractivity contribution in [2.24, 2.45) is 0 Å². The van der Waals surface area contributed by atoms with E-state index in [-0.39, 0.29) is 12.5 Å². The molecule has 0 aliphatic rings. The molecule has 0 unspecified atom stereocenters. The van der Waals surface area contributed by atoms with Crippen LogP contribution in [0.4, 0.5) is 11.4 Å². The molecule has 0 spiro atoms. The summed E-state index contributed by atoms with van der Waals surface area (Å²) in [7, 11) is 1.59. The number of nitrogens with one attached hydrogen (secondary N) is 2. The van der Waals surface area contributed by atoms with Crippen LogP contribution < -0.4 is 20.1 Å². The molecule has 0 fully saturated rings. The minimum atomic E-state index is -0.223. The molecule has 0 heterocycles. The lowest BCUT2D eigenvalue weighted by Gasteiger charge is -2.13. The van der Waals surface area contributed by atoms with E-state index in [0.717, 1.165) is 23.4 Å². The molecule has 29 heavy (non-hydrogen) atoms. The van der Waals surface area contributed by atoms with Gasteiger partial charge >= 0.3 is 0 Å². The zero-order valence-corrected chi connectivity index (χ0v) is 16.8. The lowest BCUT2D eigenvalue weighted by Crippen LogP contribution is -2.20. The van der Waals surface area contributed by atoms with Crippen LogP contribution in [0.25, 0.3) is 0 Å². The first-order valence-electron chi connectivity index (χ1n) is 9.65. The summed E-state index contributed by atoms with van der Waals surface area (Å²) < 4.78 is 11.1. The van der Waals surface area contributed by atoms with Gasteiger partial charge in [0, 0.05) is 17.9 Å². The Hall–Kier alpha value is -3.47. The van der Waals surface area contributed by atoms with Crippen molar-refractivity contribution >= 4 is 17.3 Å². The first-order chi connectivity index (χ1) is 14.2. The highest BCUT2D eigenvalue weighted by molar-refractivity contribution is 5.91. The Labute approximate surface area is 171 Å². The van der Waals surface area contributed by atoms with Crippen molar-refractivity contribution < 1.29 is 14.3 Å². The van der Waals surface area contributed by atoms with Crippen molar-refractivity contribution in [2.75, 3.05) is 24.4 Å². The number of rotatable bonds is 9. The van der Waals surface area contributed by atoms with E-state index in [9.17, 15) is 4.79 Å². The Balaban J connectivity index is 1.55. The van der Waals surface area contributed by atoms with E-state index in [0.29, 0.717) is 18.0 Å². The predicted molar refractivity (Wildman–Crippen MR) is 117 cm³/mol. The number of carbonyl (C=O) groups excluding carboxylic acids is 1. The van der Waals surface area contributed by atoms with E-state index in [1.165, 1.54) is 5.56 Å². The number of hydrogen-bond acceptors (Lipinski definition) is 4. The Morgan fingerprint density at radius 2 is 1.59 bits per heavy atom. The summed E-state index contributed by atoms with van der Waals surface area (Å²) in [6, 6.07) is 23.4. The molecule has 0 aliphatic carbocycles. The van der Waals surface area contributed by atoms with Gasteiger partial charge < -0.3 is 20.1 Å². The topological polar surface area (TPSA) is 59.6 Å². The maximum Gasteiger partial charge on any atom is 0.262 e. The summed E-state index contributed by atoms with van der Waals surface area (Å²) in [5.74, 6) is 0.907. The van der Waals surface area contributed by atoms with Crippen molar-refractivity contribution in [3.8, 4) is 11.5 Å². The molecule has 5 heteroatoms. The second-order valence-corrected chi connectivity index (χ2v) is 6.59. The summed E-state index contributed by atoms with van der Waals surface area (Å²) >= 11 is 0. The van der Waals surface area contributed by atoms with Crippen molar-refractivity contribution in [1.29, 1.82) is 0 Å². The van der Waals surface area contributed by atoms with Gasteiger partial charge in [-0.1, -0.05) is 43.3 Å². The maximum atomic E-state index is 12.1. The number of ether oxygens (including phenoxy) is 2. The molecule has 3 aromatic rings. The Morgan fingerprint density at radius 1 is 0.862 bits per heavy atom. The van der Waals surface area contributed by atoms with E-state index >= 15 is 0 Å². The van der Waals surface area contributed by atoms with Crippen LogP contribution in [0.3, 0.4) is 0 Å². The first kappa shape index (κ1) is 20.3. The number of hydrogen-bond donors (Lipinski definition) is 2. The highest BCUT2D eigenvalue weighted by Crippen LogP contribution is 2.28. The molecule has 0 radical (unpaired) electrons. The largest absolute Gasteiger partial charge is 0.493 e. The van der Waals surface area contributed by atoms with Crippen molar-refractivity contribution in [2.45, 2.75) is 19.9 Å². The number of anilines is 2. The van der Waals surface area contributed by atoms with Gasteiger partial charge in [-0.25, -0.2) is 0 Å². The molecular weight excluding hydrogens is 364 g/mol. The monoisotopic (exact) mass is 390 g/mol. The first-order valence-corrected chi connectivity index (χ1v) is 9.65. The second-order valence-electron chi connectivity index (χ2n) is 6.59. The fourth-order valence-electron chi connectivity index (χ4n) is 2.87. The van der Waals surface area contributed by atoms with Crippen LogP contribution in [0.5, 0.6) is 11.5 Å². The third-order valence-corrected chi connectivity index (χ3v) is 4.50. The molecule has 0 aromatic heterocycles. The van der Waals surface area contributed by atoms with Crippen molar-refractivity contribution in [3.05, 3.63) is 83.9 Å². The van der Waals surface area contributed by atoms with Gasteiger partial charge in [0.25, 0.3) is 5.91 Å². The fraction of sp³-hybridized carbons (Fsp3) is 0.208. The number of methoxy groups -OCH3 is 1. The summed E-state index contributed by atoms with van der Waals surface area (Å²) in [6.45, 7) is 2.72. The maximum absolute atomic E-state index is 12.1. The van der Waals surface area contributed by atoms with Gasteiger partial charge in [0.05, 0.1) is 7.11 Å². The van der Waals surface area contributed by atoms with Gasteiger partial charge in [0.1, 0.15) is 0 Å². The summed E-state index contributed by atoms with van der Waals surface area (Å²) in [4.78, 5) is 12.1. The summed E-state index contributed by atoms with van der Waals surface area (Å²) in [5, 5.41) is 6.19. The zero-order valence-electron chi connectivity index (χ0n) is 16.8. The van der Waals surface area contributed by atoms with E-state index in [1.54, 1.807) is 7.11 Å². The smallest absolute Gasteiger partial charge is 0.262 e. The van der Waals surface area contributed by atoms with Crippen LogP contribution in [0.1, 0.15) is 18.1 Å². The number of benzene rings is 3. The molecule has 0 bridgehead atoms. The van der Waals surface area contributed by atoms with Crippen molar-refractivity contribution in [3.63, 3.8) is 0 Å². The van der Waals surface area contributed by atoms with Gasteiger partial charge in [0.2, 0.25) is 0 Å². The minimum absolute atomic E-state index is 0.0906. The quantitative estimate of drug-likeness (QED) is 0.546. The average Bonchev–Trinajstić information content (AvgIpc) is 2.77. The van der Waals surface area contributed by atoms with Crippen LogP contribution in [0.15, 0.2) is 72.8 Å². The Kier molecular flexibility index (Phi) is 7.11. The van der Waals surface area contributed by atoms with Gasteiger partial charge in [-0.3, -0.25) is 4.79 Å². The van der Waals surface area contributed by atoms with Crippen LogP contribution >= 0.6 is 0 Å². The third-order valence-electron chi connectivity index (χ3n) is 4.50. The van der Waals surface area contributed by atoms with E-state index < -0.39 is 0 Å². The number of para-hydroxylation sites is 1. The van der Waals surface area contributed by atoms with E-state index in [2.05, 4.69) is 41.8 Å². The van der Waals surface area contributed by atoms with Gasteiger partial charge in [-0.15, -0.1) is 0 Å². The molecule has 5 nitrogen and oxygen atoms in total. The lowest BCUT2D eigenvalue weighted by molar-refractivity contribution is -0.118. The highest BCUT2D eigenvalue weighted by Gasteiger charge is 2.09. The van der Waals surface area contributed by atoms with Crippen LogP contribution in [0, 0.1) is 0 Å². The Bertz CT molecular complexity index is 925. The molecule has 0 saturated heterocycles. The molecule has 0 saturated carbocycles. The van der Waals surface area contributed by atoms with E-state index in [1.807, 2.05) is 48.5 Å². The predicted octanol–water partition coefficient (Wildman–Crippen LogP) is 4.89. The lowest BCUT2D eigenvalue weighted by atomic mass is 10.1. The fourth-order valence-corrected chi connectivity index (χ4v) is 2.87. The number of aryl methyl sites for hydroxylation is 1. The second kappa shape index (κ2) is 10.2. The summed E-state index contributed by atoms with van der Waals surface area (Å²) in [6.07, 6.45) is 1.03. The molecule has 3 rings (SSSR count). The average molecular weight is 390 g/mol. The number of amides is 1. The third kappa shape index (κ3) is 6.01. The SMILES string of the molecule is CCc1ccc(NCc2ccc(OCC(=O)Nc3ccccc3)c(OC)c2)cc1. The van der Waals surface area contributed by atoms with Crippen LogP contribution in [0.2, 0.25) is 0 Å². The molecule has 3 aromatic carbocycles. The summed E-state index contributed by atoms with van der Waals surface area (Å²) in [5.41, 5.74) is 4.18. The van der Waals surface area contributed by atoms with Crippen LogP contribution in [-0.4, -0.2) is 19.6 Å². The zero-order chi connectivity index (χ0) is 20.5. The normalized spacial score (nSPS) is 10.3. The molecule has 1 amide bonds. The Morgan fingerprint density at radius 3 is 2.28 bits per heavy atom. The van der Waals surface area contributed by atoms with Gasteiger partial charge in [-0.05, 0) is 53.9 Å². The molecule has 0 atom stereocenters. The van der Waals surface area contributed by atoms with E-state index in [4.69, 9.17) is 9.47 Å². The minimum Gasteiger partial charge on any atom is -0.493 e. The number of carbonyl (C=O) groups is 1. The molecule has 0 aliphatic heterocycles. The van der Waals surface area contributed by atoms with Gasteiger partial charge in [-0.2, -0.15) is 0 Å². The molecular formula is C24H26N2O3. The standard InChI is InChI=1S/C24H26N2O3/c1-3-18-9-12-20(13-10-18)25-16-19-11-14-22(23(15-19)28-2)29-17-24(27)26-21-7-5-4-6-8-21/h4-15,25H,3,16-17H2,1-2H3,(H,26,27). The highest BCUT2D eigenvalue weighted by atomic mass is 16.5. The van der Waals surface area contributed by atoms with Crippen LogP contribution in [-0.2, 0) is 17.8 Å². The molecule has 2 N–H and O–H groups in total. The van der Waals surface area contributed by atoms with Gasteiger partial charge in [0.15, 0.2) is 18.1 Å². The van der Waals surface area contributed by atoms with Crippen molar-refractivity contribution in [1.82, 2.24) is 0 Å².